The van der Waals surface area contributed by atoms with Crippen molar-refractivity contribution in [3.63, 3.8) is 0 Å². The lowest BCUT2D eigenvalue weighted by Crippen LogP contribution is -2.35. The van der Waals surface area contributed by atoms with E-state index in [9.17, 15) is 17.6 Å². The number of sulfonamides is 1. The maximum atomic E-state index is 12.9. The van der Waals surface area contributed by atoms with E-state index in [4.69, 9.17) is 4.74 Å². The second-order valence-electron chi connectivity index (χ2n) is 5.84. The second kappa shape index (κ2) is 7.33. The van der Waals surface area contributed by atoms with Crippen molar-refractivity contribution in [2.75, 3.05) is 13.1 Å². The highest BCUT2D eigenvalue weighted by Gasteiger charge is 2.26. The van der Waals surface area contributed by atoms with Crippen molar-refractivity contribution >= 4 is 16.0 Å². The third-order valence-corrected chi connectivity index (χ3v) is 5.94. The first-order valence-electron chi connectivity index (χ1n) is 8.05. The van der Waals surface area contributed by atoms with Crippen LogP contribution in [0, 0.1) is 5.82 Å². The molecule has 2 aromatic rings. The lowest BCUT2D eigenvalue weighted by molar-refractivity contribution is 0.0734. The fourth-order valence-corrected chi connectivity index (χ4v) is 4.27. The molecule has 0 N–H and O–H groups in total. The summed E-state index contributed by atoms with van der Waals surface area (Å²) in [6.07, 6.45) is 2.70. The standard InChI is InChI=1S/C18H18FNO4S/c19-15-7-9-16(10-8-15)24-18(21)14-5-4-6-17(13-14)25(22,23)20-11-2-1-3-12-20/h4-10,13H,1-3,11-12H2. The number of nitrogens with zero attached hydrogens (tertiary/aromatic N) is 1. The minimum atomic E-state index is -3.62. The molecule has 0 unspecified atom stereocenters. The average molecular weight is 363 g/mol. The van der Waals surface area contributed by atoms with Gasteiger partial charge in [-0.3, -0.25) is 0 Å². The Hall–Kier alpha value is -2.25. The van der Waals surface area contributed by atoms with Gasteiger partial charge in [0.2, 0.25) is 10.0 Å². The Morgan fingerprint density at radius 2 is 1.68 bits per heavy atom. The molecule has 0 aromatic heterocycles. The van der Waals surface area contributed by atoms with Gasteiger partial charge in [-0.15, -0.1) is 0 Å². The summed E-state index contributed by atoms with van der Waals surface area (Å²) < 4.78 is 44.9. The number of carbonyl (C=O) groups excluding carboxylic acids is 1. The second-order valence-corrected chi connectivity index (χ2v) is 7.77. The monoisotopic (exact) mass is 363 g/mol. The molecule has 0 bridgehead atoms. The zero-order valence-electron chi connectivity index (χ0n) is 13.5. The molecule has 1 aliphatic rings. The van der Waals surface area contributed by atoms with Gasteiger partial charge >= 0.3 is 5.97 Å². The normalized spacial score (nSPS) is 15.7. The van der Waals surface area contributed by atoms with Crippen molar-refractivity contribution in [1.82, 2.24) is 4.31 Å². The number of benzene rings is 2. The topological polar surface area (TPSA) is 63.7 Å². The lowest BCUT2D eigenvalue weighted by Gasteiger charge is -2.25. The number of halogens is 1. The molecule has 5 nitrogen and oxygen atoms in total. The maximum Gasteiger partial charge on any atom is 0.343 e. The number of hydrogen-bond acceptors (Lipinski definition) is 4. The molecule has 0 saturated carbocycles. The Bertz CT molecular complexity index is 859. The van der Waals surface area contributed by atoms with Gasteiger partial charge in [-0.25, -0.2) is 17.6 Å². The molecule has 1 saturated heterocycles. The van der Waals surface area contributed by atoms with Crippen LogP contribution < -0.4 is 4.74 Å². The average Bonchev–Trinajstić information content (AvgIpc) is 2.64. The van der Waals surface area contributed by atoms with Gasteiger partial charge in [-0.2, -0.15) is 4.31 Å². The molecule has 1 heterocycles. The smallest absolute Gasteiger partial charge is 0.343 e. The van der Waals surface area contributed by atoms with E-state index >= 15 is 0 Å². The Morgan fingerprint density at radius 1 is 1.00 bits per heavy atom. The Kier molecular flexibility index (Phi) is 5.15. The summed E-state index contributed by atoms with van der Waals surface area (Å²) in [6.45, 7) is 0.985. The van der Waals surface area contributed by atoms with E-state index in [2.05, 4.69) is 0 Å². The van der Waals surface area contributed by atoms with Crippen molar-refractivity contribution < 1.29 is 22.3 Å². The Labute approximate surface area is 146 Å². The van der Waals surface area contributed by atoms with Crippen molar-refractivity contribution in [2.45, 2.75) is 24.2 Å². The first-order chi connectivity index (χ1) is 12.0. The van der Waals surface area contributed by atoms with E-state index in [1.165, 1.54) is 52.8 Å². The summed E-state index contributed by atoms with van der Waals surface area (Å²) in [7, 11) is -3.62. The number of piperidine rings is 1. The third kappa shape index (κ3) is 4.05. The SMILES string of the molecule is O=C(Oc1ccc(F)cc1)c1cccc(S(=O)(=O)N2CCCCC2)c1. The summed E-state index contributed by atoms with van der Waals surface area (Å²) >= 11 is 0. The number of ether oxygens (including phenoxy) is 1. The molecule has 1 fully saturated rings. The summed E-state index contributed by atoms with van der Waals surface area (Å²) in [5, 5.41) is 0. The summed E-state index contributed by atoms with van der Waals surface area (Å²) in [5.74, 6) is -0.938. The van der Waals surface area contributed by atoms with Crippen molar-refractivity contribution in [3.8, 4) is 5.75 Å². The molecular weight excluding hydrogens is 345 g/mol. The maximum absolute atomic E-state index is 12.9. The van der Waals surface area contributed by atoms with Crippen LogP contribution in [0.2, 0.25) is 0 Å². The molecular formula is C18H18FNO4S. The first-order valence-corrected chi connectivity index (χ1v) is 9.49. The number of rotatable bonds is 4. The van der Waals surface area contributed by atoms with Gasteiger partial charge < -0.3 is 4.74 Å². The van der Waals surface area contributed by atoms with Gasteiger partial charge in [-0.1, -0.05) is 12.5 Å². The van der Waals surface area contributed by atoms with Crippen LogP contribution in [0.25, 0.3) is 0 Å². The molecule has 132 valence electrons. The minimum Gasteiger partial charge on any atom is -0.423 e. The van der Waals surface area contributed by atoms with Crippen LogP contribution in [-0.2, 0) is 10.0 Å². The van der Waals surface area contributed by atoms with Crippen LogP contribution in [0.4, 0.5) is 4.39 Å². The van der Waals surface area contributed by atoms with E-state index in [1.807, 2.05) is 0 Å². The lowest BCUT2D eigenvalue weighted by atomic mass is 10.2. The van der Waals surface area contributed by atoms with E-state index in [0.717, 1.165) is 19.3 Å². The third-order valence-electron chi connectivity index (χ3n) is 4.05. The minimum absolute atomic E-state index is 0.0722. The molecule has 0 amide bonds. The molecule has 2 aromatic carbocycles. The van der Waals surface area contributed by atoms with Gasteiger partial charge in [0.25, 0.3) is 0 Å². The highest BCUT2D eigenvalue weighted by atomic mass is 32.2. The molecule has 0 aliphatic carbocycles. The van der Waals surface area contributed by atoms with Gasteiger partial charge in [0, 0.05) is 13.1 Å². The summed E-state index contributed by atoms with van der Waals surface area (Å²) in [5.41, 5.74) is 0.127. The van der Waals surface area contributed by atoms with Crippen LogP contribution in [0.1, 0.15) is 29.6 Å². The van der Waals surface area contributed by atoms with Crippen LogP contribution in [0.5, 0.6) is 5.75 Å². The predicted molar refractivity (Wildman–Crippen MR) is 90.4 cm³/mol. The van der Waals surface area contributed by atoms with Crippen LogP contribution in [-0.4, -0.2) is 31.8 Å². The highest BCUT2D eigenvalue weighted by molar-refractivity contribution is 7.89. The largest absolute Gasteiger partial charge is 0.423 e. The molecule has 0 spiro atoms. The fourth-order valence-electron chi connectivity index (χ4n) is 2.71. The highest BCUT2D eigenvalue weighted by Crippen LogP contribution is 2.22. The van der Waals surface area contributed by atoms with Crippen molar-refractivity contribution in [3.05, 3.63) is 59.9 Å². The zero-order chi connectivity index (χ0) is 17.9. The van der Waals surface area contributed by atoms with Crippen LogP contribution in [0.3, 0.4) is 0 Å². The Balaban J connectivity index is 1.80. The van der Waals surface area contributed by atoms with Gasteiger partial charge in [0.1, 0.15) is 11.6 Å². The van der Waals surface area contributed by atoms with E-state index < -0.39 is 21.8 Å². The van der Waals surface area contributed by atoms with Crippen LogP contribution in [0.15, 0.2) is 53.4 Å². The number of esters is 1. The zero-order valence-corrected chi connectivity index (χ0v) is 14.3. The molecule has 7 heteroatoms. The summed E-state index contributed by atoms with van der Waals surface area (Å²) in [4.78, 5) is 12.3. The van der Waals surface area contributed by atoms with Crippen LogP contribution >= 0.6 is 0 Å². The van der Waals surface area contributed by atoms with E-state index in [-0.39, 0.29) is 16.2 Å². The van der Waals surface area contributed by atoms with E-state index in [1.54, 1.807) is 0 Å². The van der Waals surface area contributed by atoms with Gasteiger partial charge in [0.05, 0.1) is 10.5 Å². The van der Waals surface area contributed by atoms with Gasteiger partial charge in [0.15, 0.2) is 0 Å². The molecule has 25 heavy (non-hydrogen) atoms. The van der Waals surface area contributed by atoms with E-state index in [0.29, 0.717) is 13.1 Å². The molecule has 0 radical (unpaired) electrons. The quantitative estimate of drug-likeness (QED) is 0.618. The molecule has 0 atom stereocenters. The molecule has 1 aliphatic heterocycles. The number of hydrogen-bond donors (Lipinski definition) is 0. The van der Waals surface area contributed by atoms with Crippen molar-refractivity contribution in [2.24, 2.45) is 0 Å². The van der Waals surface area contributed by atoms with Gasteiger partial charge in [-0.05, 0) is 55.3 Å². The predicted octanol–water partition coefficient (Wildman–Crippen LogP) is 3.22. The summed E-state index contributed by atoms with van der Waals surface area (Å²) in [6, 6.07) is 10.8. The molecule has 3 rings (SSSR count). The number of carbonyl (C=O) groups is 1. The Morgan fingerprint density at radius 3 is 2.36 bits per heavy atom. The van der Waals surface area contributed by atoms with Crippen molar-refractivity contribution in [1.29, 1.82) is 0 Å². The fraction of sp³-hybridized carbons (Fsp3) is 0.278. The first kappa shape index (κ1) is 17.6.